The van der Waals surface area contributed by atoms with Crippen molar-refractivity contribution in [1.82, 2.24) is 5.32 Å². The Hall–Kier alpha value is -3.74. The summed E-state index contributed by atoms with van der Waals surface area (Å²) in [6, 6.07) is 3.99. The zero-order valence-electron chi connectivity index (χ0n) is 18.3. The molecule has 1 amide bonds. The van der Waals surface area contributed by atoms with Gasteiger partial charge in [-0.05, 0) is 6.07 Å². The van der Waals surface area contributed by atoms with E-state index in [1.807, 2.05) is 0 Å². The molecule has 1 aliphatic heterocycles. The van der Waals surface area contributed by atoms with Gasteiger partial charge in [-0.1, -0.05) is 6.07 Å². The minimum Gasteiger partial charge on any atom is -0.463 e. The molecule has 0 radical (unpaired) electrons. The van der Waals surface area contributed by atoms with E-state index in [1.54, 1.807) is 0 Å². The zero-order chi connectivity index (χ0) is 24.7. The highest BCUT2D eigenvalue weighted by Crippen LogP contribution is 2.30. The Morgan fingerprint density at radius 1 is 1.03 bits per heavy atom. The zero-order valence-corrected chi connectivity index (χ0v) is 18.3. The summed E-state index contributed by atoms with van der Waals surface area (Å²) in [6.07, 6.45) is -5.09. The molecule has 1 aliphatic rings. The van der Waals surface area contributed by atoms with Gasteiger partial charge < -0.3 is 29.0 Å². The fraction of sp³-hybridized carbons (Fsp3) is 0.500. The maximum atomic E-state index is 11.9. The lowest BCUT2D eigenvalue weighted by Crippen LogP contribution is -2.67. The topological polar surface area (TPSA) is 170 Å². The Labute approximate surface area is 188 Å². The summed E-state index contributed by atoms with van der Waals surface area (Å²) >= 11 is 0. The van der Waals surface area contributed by atoms with Crippen LogP contribution in [0.3, 0.4) is 0 Å². The van der Waals surface area contributed by atoms with Crippen LogP contribution < -0.4 is 10.1 Å². The Morgan fingerprint density at radius 2 is 1.67 bits per heavy atom. The van der Waals surface area contributed by atoms with E-state index in [0.29, 0.717) is 0 Å². The number of nitrogens with one attached hydrogen (secondary N) is 1. The number of carbonyl (C=O) groups is 4. The van der Waals surface area contributed by atoms with Crippen molar-refractivity contribution in [3.63, 3.8) is 0 Å². The van der Waals surface area contributed by atoms with Crippen molar-refractivity contribution in [1.29, 1.82) is 0 Å². The first-order valence-electron chi connectivity index (χ1n) is 9.79. The number of nitro groups is 1. The molecule has 33 heavy (non-hydrogen) atoms. The molecule has 2 rings (SSSR count). The third kappa shape index (κ3) is 7.42. The molecule has 1 saturated heterocycles. The van der Waals surface area contributed by atoms with Gasteiger partial charge in [0.05, 0.1) is 11.0 Å². The molecular weight excluding hydrogens is 444 g/mol. The molecule has 0 bridgehead atoms. The fourth-order valence-corrected chi connectivity index (χ4v) is 3.20. The Kier molecular flexibility index (Phi) is 8.68. The maximum Gasteiger partial charge on any atom is 0.303 e. The Morgan fingerprint density at radius 3 is 2.21 bits per heavy atom. The van der Waals surface area contributed by atoms with Crippen LogP contribution in [-0.4, -0.2) is 66.0 Å². The number of carbonyl (C=O) groups excluding carboxylic acids is 4. The number of ether oxygens (including phenoxy) is 5. The third-order valence-corrected chi connectivity index (χ3v) is 4.35. The van der Waals surface area contributed by atoms with Crippen molar-refractivity contribution in [2.24, 2.45) is 0 Å². The van der Waals surface area contributed by atoms with Gasteiger partial charge in [0.25, 0.3) is 5.69 Å². The van der Waals surface area contributed by atoms with Crippen LogP contribution in [0.25, 0.3) is 0 Å². The molecule has 13 nitrogen and oxygen atoms in total. The molecule has 1 aromatic carbocycles. The average molecular weight is 468 g/mol. The molecule has 180 valence electrons. The number of nitrogens with zero attached hydrogens (tertiary/aromatic N) is 1. The molecule has 0 aromatic heterocycles. The van der Waals surface area contributed by atoms with Gasteiger partial charge in [-0.2, -0.15) is 0 Å². The van der Waals surface area contributed by atoms with Crippen LogP contribution in [-0.2, 0) is 38.1 Å². The maximum absolute atomic E-state index is 11.9. The van der Waals surface area contributed by atoms with Gasteiger partial charge in [0.1, 0.15) is 24.5 Å². The van der Waals surface area contributed by atoms with Gasteiger partial charge in [-0.15, -0.1) is 0 Å². The molecule has 1 aromatic rings. The number of rotatable bonds is 8. The van der Waals surface area contributed by atoms with E-state index >= 15 is 0 Å². The second kappa shape index (κ2) is 11.2. The quantitative estimate of drug-likeness (QED) is 0.246. The van der Waals surface area contributed by atoms with Crippen LogP contribution in [0.15, 0.2) is 24.3 Å². The van der Waals surface area contributed by atoms with Crippen LogP contribution in [0.1, 0.15) is 27.7 Å². The first kappa shape index (κ1) is 25.5. The molecule has 1 heterocycles. The fourth-order valence-electron chi connectivity index (χ4n) is 3.20. The number of esters is 3. The van der Waals surface area contributed by atoms with E-state index < -0.39 is 66.0 Å². The Balaban J connectivity index is 2.47. The van der Waals surface area contributed by atoms with Gasteiger partial charge in [-0.25, -0.2) is 0 Å². The lowest BCUT2D eigenvalue weighted by molar-refractivity contribution is -0.385. The van der Waals surface area contributed by atoms with Crippen molar-refractivity contribution >= 4 is 29.5 Å². The van der Waals surface area contributed by atoms with Crippen molar-refractivity contribution in [3.8, 4) is 5.75 Å². The lowest BCUT2D eigenvalue weighted by atomic mass is 9.96. The van der Waals surface area contributed by atoms with E-state index in [0.717, 1.165) is 26.8 Å². The predicted octanol–water partition coefficient (Wildman–Crippen LogP) is 0.630. The van der Waals surface area contributed by atoms with Crippen molar-refractivity contribution < 1.29 is 47.8 Å². The smallest absolute Gasteiger partial charge is 0.303 e. The summed E-state index contributed by atoms with van der Waals surface area (Å²) in [5.41, 5.74) is -0.259. The number of amides is 1. The van der Waals surface area contributed by atoms with Gasteiger partial charge in [0.15, 0.2) is 12.2 Å². The van der Waals surface area contributed by atoms with Gasteiger partial charge >= 0.3 is 17.9 Å². The van der Waals surface area contributed by atoms with Crippen molar-refractivity contribution in [3.05, 3.63) is 34.4 Å². The summed E-state index contributed by atoms with van der Waals surface area (Å²) in [6.45, 7) is 4.19. The lowest BCUT2D eigenvalue weighted by Gasteiger charge is -2.44. The minimum absolute atomic E-state index is 0.0169. The molecule has 5 atom stereocenters. The van der Waals surface area contributed by atoms with Crippen molar-refractivity contribution in [2.75, 3.05) is 6.61 Å². The monoisotopic (exact) mass is 468 g/mol. The van der Waals surface area contributed by atoms with Crippen LogP contribution in [0, 0.1) is 10.1 Å². The van der Waals surface area contributed by atoms with E-state index in [4.69, 9.17) is 23.7 Å². The van der Waals surface area contributed by atoms with Gasteiger partial charge in [-0.3, -0.25) is 29.3 Å². The number of nitro benzene ring substituents is 1. The second-order valence-electron chi connectivity index (χ2n) is 7.09. The molecule has 1 N–H and O–H groups in total. The first-order chi connectivity index (χ1) is 15.5. The van der Waals surface area contributed by atoms with Crippen LogP contribution in [0.5, 0.6) is 5.75 Å². The summed E-state index contributed by atoms with van der Waals surface area (Å²) in [4.78, 5) is 57.2. The molecule has 0 spiro atoms. The number of benzene rings is 1. The third-order valence-electron chi connectivity index (χ3n) is 4.35. The van der Waals surface area contributed by atoms with E-state index in [9.17, 15) is 29.3 Å². The van der Waals surface area contributed by atoms with E-state index in [2.05, 4.69) is 5.32 Å². The normalized spacial score (nSPS) is 24.2. The minimum atomic E-state index is -1.37. The van der Waals surface area contributed by atoms with Crippen LogP contribution in [0.2, 0.25) is 0 Å². The predicted molar refractivity (Wildman–Crippen MR) is 108 cm³/mol. The van der Waals surface area contributed by atoms with E-state index in [1.165, 1.54) is 25.1 Å². The number of non-ortho nitro benzene ring substituents is 1. The van der Waals surface area contributed by atoms with Gasteiger partial charge in [0.2, 0.25) is 12.2 Å². The number of hydrogen-bond donors (Lipinski definition) is 1. The summed E-state index contributed by atoms with van der Waals surface area (Å²) in [5, 5.41) is 13.6. The average Bonchev–Trinajstić information content (AvgIpc) is 2.70. The number of hydrogen-bond acceptors (Lipinski definition) is 11. The summed E-state index contributed by atoms with van der Waals surface area (Å²) < 4.78 is 27.2. The molecule has 1 fully saturated rings. The highest BCUT2D eigenvalue weighted by Gasteiger charge is 2.52. The van der Waals surface area contributed by atoms with Crippen molar-refractivity contribution in [2.45, 2.75) is 58.3 Å². The highest BCUT2D eigenvalue weighted by atomic mass is 16.7. The van der Waals surface area contributed by atoms with E-state index in [-0.39, 0.29) is 11.4 Å². The SMILES string of the molecule is CC(=O)NC1C(Oc2cccc([N+](=O)[O-])c2)OC(COC(C)=O)C(OC(C)=O)C1OC(C)=O. The standard InChI is InChI=1S/C20H24N2O11/c1-10(23)21-17-19(31-13(4)26)18(30-12(3)25)16(9-29-11(2)24)33-20(17)32-15-7-5-6-14(8-15)22(27)28/h5-8,16-20H,9H2,1-4H3,(H,21,23). The molecule has 13 heteroatoms. The first-order valence-corrected chi connectivity index (χ1v) is 9.79. The molecule has 5 unspecified atom stereocenters. The van der Waals surface area contributed by atoms with Crippen LogP contribution >= 0.6 is 0 Å². The summed E-state index contributed by atoms with van der Waals surface area (Å²) in [5.74, 6) is -2.68. The van der Waals surface area contributed by atoms with Gasteiger partial charge in [0, 0.05) is 33.8 Å². The second-order valence-corrected chi connectivity index (χ2v) is 7.09. The highest BCUT2D eigenvalue weighted by molar-refractivity contribution is 5.73. The molecule has 0 aliphatic carbocycles. The largest absolute Gasteiger partial charge is 0.463 e. The van der Waals surface area contributed by atoms with Crippen LogP contribution in [0.4, 0.5) is 5.69 Å². The molecule has 0 saturated carbocycles. The Bertz CT molecular complexity index is 919. The summed E-state index contributed by atoms with van der Waals surface area (Å²) in [7, 11) is 0. The molecular formula is C20H24N2O11.